The third-order valence-electron chi connectivity index (χ3n) is 1.91. The van der Waals surface area contributed by atoms with E-state index >= 15 is 0 Å². The van der Waals surface area contributed by atoms with Crippen molar-refractivity contribution >= 4 is 5.91 Å². The first-order chi connectivity index (χ1) is 8.11. The predicted molar refractivity (Wildman–Crippen MR) is 58.5 cm³/mol. The van der Waals surface area contributed by atoms with Crippen molar-refractivity contribution in [1.29, 1.82) is 0 Å². The zero-order valence-corrected chi connectivity index (χ0v) is 9.21. The summed E-state index contributed by atoms with van der Waals surface area (Å²) >= 11 is 0. The van der Waals surface area contributed by atoms with Crippen LogP contribution in [-0.2, 0) is 4.79 Å². The Morgan fingerprint density at radius 2 is 1.94 bits per heavy atom. The number of rotatable bonds is 6. The van der Waals surface area contributed by atoms with Crippen LogP contribution in [0.4, 0.5) is 8.78 Å². The summed E-state index contributed by atoms with van der Waals surface area (Å²) in [7, 11) is 0. The van der Waals surface area contributed by atoms with Crippen molar-refractivity contribution in [2.45, 2.75) is 6.42 Å². The van der Waals surface area contributed by atoms with Crippen LogP contribution in [0.3, 0.4) is 0 Å². The zero-order chi connectivity index (χ0) is 12.7. The molecule has 1 aromatic carbocycles. The molecule has 0 unspecified atom stereocenters. The van der Waals surface area contributed by atoms with Crippen LogP contribution in [-0.4, -0.2) is 25.6 Å². The van der Waals surface area contributed by atoms with Gasteiger partial charge in [0.05, 0.1) is 0 Å². The molecule has 94 valence electrons. The monoisotopic (exact) mass is 244 g/mol. The number of nitrogens with one attached hydrogen (secondary N) is 1. The van der Waals surface area contributed by atoms with Gasteiger partial charge in [-0.25, -0.2) is 8.78 Å². The second-order valence-corrected chi connectivity index (χ2v) is 3.39. The first-order valence-electron chi connectivity index (χ1n) is 5.17. The lowest BCUT2D eigenvalue weighted by Crippen LogP contribution is -2.30. The molecule has 0 aliphatic heterocycles. The van der Waals surface area contributed by atoms with Crippen LogP contribution >= 0.6 is 0 Å². The molecule has 0 bridgehead atoms. The molecule has 0 aliphatic rings. The maximum Gasteiger partial charge on any atom is 0.257 e. The molecule has 0 saturated heterocycles. The number of halogens is 2. The van der Waals surface area contributed by atoms with E-state index in [0.29, 0.717) is 19.5 Å². The number of ether oxygens (including phenoxy) is 1. The molecular formula is C11H14F2N2O2. The fraction of sp³-hybridized carbons (Fsp3) is 0.364. The largest absolute Gasteiger partial charge is 0.484 e. The SMILES string of the molecule is NCCCNC(=O)COc1cc(F)cc(F)c1. The Hall–Kier alpha value is -1.69. The number of amides is 1. The van der Waals surface area contributed by atoms with Gasteiger partial charge in [0.15, 0.2) is 6.61 Å². The van der Waals surface area contributed by atoms with Crippen molar-refractivity contribution in [3.05, 3.63) is 29.8 Å². The van der Waals surface area contributed by atoms with Gasteiger partial charge in [0.25, 0.3) is 5.91 Å². The molecule has 1 rings (SSSR count). The normalized spacial score (nSPS) is 10.1. The summed E-state index contributed by atoms with van der Waals surface area (Å²) in [5.41, 5.74) is 5.25. The average molecular weight is 244 g/mol. The van der Waals surface area contributed by atoms with Crippen LogP contribution in [0.1, 0.15) is 6.42 Å². The number of nitrogens with two attached hydrogens (primary N) is 1. The van der Waals surface area contributed by atoms with Gasteiger partial charge < -0.3 is 15.8 Å². The topological polar surface area (TPSA) is 64.3 Å². The molecule has 6 heteroatoms. The Morgan fingerprint density at radius 3 is 2.53 bits per heavy atom. The molecule has 0 aromatic heterocycles. The molecule has 4 nitrogen and oxygen atoms in total. The fourth-order valence-corrected chi connectivity index (χ4v) is 1.14. The maximum absolute atomic E-state index is 12.8. The molecule has 0 saturated carbocycles. The minimum absolute atomic E-state index is 0.0172. The van der Waals surface area contributed by atoms with E-state index < -0.39 is 11.6 Å². The van der Waals surface area contributed by atoms with Crippen molar-refractivity contribution in [2.24, 2.45) is 5.73 Å². The van der Waals surface area contributed by atoms with Crippen LogP contribution in [0.5, 0.6) is 5.75 Å². The Balaban J connectivity index is 2.36. The van der Waals surface area contributed by atoms with Gasteiger partial charge in [-0.05, 0) is 13.0 Å². The van der Waals surface area contributed by atoms with Crippen LogP contribution in [0.15, 0.2) is 18.2 Å². The highest BCUT2D eigenvalue weighted by molar-refractivity contribution is 5.77. The van der Waals surface area contributed by atoms with Crippen molar-refractivity contribution < 1.29 is 18.3 Å². The molecule has 0 radical (unpaired) electrons. The lowest BCUT2D eigenvalue weighted by Gasteiger charge is -2.07. The molecule has 0 atom stereocenters. The van der Waals surface area contributed by atoms with Crippen LogP contribution < -0.4 is 15.8 Å². The fourth-order valence-electron chi connectivity index (χ4n) is 1.14. The van der Waals surface area contributed by atoms with Gasteiger partial charge in [-0.1, -0.05) is 0 Å². The van der Waals surface area contributed by atoms with Gasteiger partial charge >= 0.3 is 0 Å². The Morgan fingerprint density at radius 1 is 1.29 bits per heavy atom. The first kappa shape index (κ1) is 13.4. The van der Waals surface area contributed by atoms with Crippen LogP contribution in [0.25, 0.3) is 0 Å². The van der Waals surface area contributed by atoms with Crippen molar-refractivity contribution in [3.63, 3.8) is 0 Å². The van der Waals surface area contributed by atoms with E-state index in [2.05, 4.69) is 5.32 Å². The number of carbonyl (C=O) groups is 1. The van der Waals surface area contributed by atoms with Gasteiger partial charge in [-0.3, -0.25) is 4.79 Å². The van der Waals surface area contributed by atoms with Crippen molar-refractivity contribution in [1.82, 2.24) is 5.32 Å². The van der Waals surface area contributed by atoms with Crippen LogP contribution in [0.2, 0.25) is 0 Å². The minimum atomic E-state index is -0.747. The van der Waals surface area contributed by atoms with Crippen LogP contribution in [0, 0.1) is 11.6 Å². The predicted octanol–water partition coefficient (Wildman–Crippen LogP) is 0.809. The number of hydrogen-bond donors (Lipinski definition) is 2. The standard InChI is InChI=1S/C11H14F2N2O2/c12-8-4-9(13)6-10(5-8)17-7-11(16)15-3-1-2-14/h4-6H,1-3,7,14H2,(H,15,16). The van der Waals surface area contributed by atoms with Crippen molar-refractivity contribution in [2.75, 3.05) is 19.7 Å². The number of hydrogen-bond acceptors (Lipinski definition) is 3. The molecule has 3 N–H and O–H groups in total. The summed E-state index contributed by atoms with van der Waals surface area (Å²) in [6.07, 6.45) is 0.667. The van der Waals surface area contributed by atoms with E-state index in [4.69, 9.17) is 10.5 Å². The van der Waals surface area contributed by atoms with E-state index in [1.165, 1.54) is 0 Å². The molecule has 1 aromatic rings. The minimum Gasteiger partial charge on any atom is -0.484 e. The van der Waals surface area contributed by atoms with Crippen molar-refractivity contribution in [3.8, 4) is 5.75 Å². The van der Waals surface area contributed by atoms with E-state index in [9.17, 15) is 13.6 Å². The lowest BCUT2D eigenvalue weighted by atomic mass is 10.3. The van der Waals surface area contributed by atoms with E-state index in [0.717, 1.165) is 18.2 Å². The molecule has 0 fully saturated rings. The first-order valence-corrected chi connectivity index (χ1v) is 5.17. The Labute approximate surface area is 97.8 Å². The average Bonchev–Trinajstić information content (AvgIpc) is 2.25. The molecular weight excluding hydrogens is 230 g/mol. The molecule has 0 aliphatic carbocycles. The summed E-state index contributed by atoms with van der Waals surface area (Å²) < 4.78 is 30.5. The van der Waals surface area contributed by atoms with E-state index in [-0.39, 0.29) is 18.3 Å². The van der Waals surface area contributed by atoms with E-state index in [1.54, 1.807) is 0 Å². The molecule has 1 amide bonds. The second-order valence-electron chi connectivity index (χ2n) is 3.39. The molecule has 0 spiro atoms. The summed E-state index contributed by atoms with van der Waals surface area (Å²) in [5.74, 6) is -1.87. The third kappa shape index (κ3) is 5.26. The quantitative estimate of drug-likeness (QED) is 0.728. The van der Waals surface area contributed by atoms with Gasteiger partial charge in [0.1, 0.15) is 17.4 Å². The highest BCUT2D eigenvalue weighted by Gasteiger charge is 2.04. The summed E-state index contributed by atoms with van der Waals surface area (Å²) in [4.78, 5) is 11.2. The molecule has 0 heterocycles. The second kappa shape index (κ2) is 6.80. The Kier molecular flexibility index (Phi) is 5.35. The maximum atomic E-state index is 12.8. The number of carbonyl (C=O) groups excluding carboxylic acids is 1. The third-order valence-corrected chi connectivity index (χ3v) is 1.91. The zero-order valence-electron chi connectivity index (χ0n) is 9.21. The van der Waals surface area contributed by atoms with Gasteiger partial charge in [0.2, 0.25) is 0 Å². The lowest BCUT2D eigenvalue weighted by molar-refractivity contribution is -0.123. The van der Waals surface area contributed by atoms with Gasteiger partial charge in [-0.15, -0.1) is 0 Å². The van der Waals surface area contributed by atoms with Gasteiger partial charge in [0, 0.05) is 24.7 Å². The van der Waals surface area contributed by atoms with E-state index in [1.807, 2.05) is 0 Å². The number of benzene rings is 1. The molecule has 17 heavy (non-hydrogen) atoms. The highest BCUT2D eigenvalue weighted by Crippen LogP contribution is 2.14. The Bertz CT molecular complexity index is 365. The smallest absolute Gasteiger partial charge is 0.257 e. The summed E-state index contributed by atoms with van der Waals surface area (Å²) in [6.45, 7) is 0.653. The van der Waals surface area contributed by atoms with Gasteiger partial charge in [-0.2, -0.15) is 0 Å². The summed E-state index contributed by atoms with van der Waals surface area (Å²) in [5, 5.41) is 2.55. The highest BCUT2D eigenvalue weighted by atomic mass is 19.1. The summed E-state index contributed by atoms with van der Waals surface area (Å²) in [6, 6.07) is 2.75.